The predicted octanol–water partition coefficient (Wildman–Crippen LogP) is 3.24. The van der Waals surface area contributed by atoms with E-state index in [9.17, 15) is 9.18 Å². The highest BCUT2D eigenvalue weighted by Gasteiger charge is 2.12. The van der Waals surface area contributed by atoms with E-state index in [0.29, 0.717) is 11.1 Å². The molecule has 5 nitrogen and oxygen atoms in total. The number of hydrogen-bond donors (Lipinski definition) is 2. The highest BCUT2D eigenvalue weighted by Crippen LogP contribution is 2.24. The molecule has 2 aromatic rings. The van der Waals surface area contributed by atoms with E-state index in [2.05, 4.69) is 5.32 Å². The summed E-state index contributed by atoms with van der Waals surface area (Å²) >= 11 is 0. The molecule has 1 atom stereocenters. The quantitative estimate of drug-likeness (QED) is 0.906. The number of carbonyl (C=O) groups is 1. The summed E-state index contributed by atoms with van der Waals surface area (Å²) in [5.41, 5.74) is 2.00. The van der Waals surface area contributed by atoms with Crippen LogP contribution >= 0.6 is 0 Å². The van der Waals surface area contributed by atoms with Gasteiger partial charge in [0.15, 0.2) is 0 Å². The number of rotatable bonds is 4. The van der Waals surface area contributed by atoms with E-state index in [1.165, 1.54) is 12.1 Å². The van der Waals surface area contributed by atoms with E-state index < -0.39 is 17.8 Å². The van der Waals surface area contributed by atoms with Crippen molar-refractivity contribution in [1.29, 1.82) is 10.5 Å². The minimum Gasteiger partial charge on any atom is -0.465 e. The standard InChI is InChI=1S/C17H12FN3O2/c18-16-7-13(5-6-14(16)8-19)11-1-3-12(4-2-11)15(9-20)10-21-17(22)23/h1-7,15,21H,10H2,(H,22,23). The maximum Gasteiger partial charge on any atom is 0.404 e. The first-order valence-corrected chi connectivity index (χ1v) is 6.71. The number of amides is 1. The van der Waals surface area contributed by atoms with Crippen LogP contribution in [0.1, 0.15) is 17.0 Å². The van der Waals surface area contributed by atoms with E-state index in [4.69, 9.17) is 15.6 Å². The molecule has 2 N–H and O–H groups in total. The van der Waals surface area contributed by atoms with Crippen LogP contribution in [0, 0.1) is 28.5 Å². The maximum atomic E-state index is 13.6. The van der Waals surface area contributed by atoms with Crippen molar-refractivity contribution in [3.63, 3.8) is 0 Å². The molecule has 0 saturated carbocycles. The zero-order valence-corrected chi connectivity index (χ0v) is 12.0. The van der Waals surface area contributed by atoms with Crippen molar-refractivity contribution in [1.82, 2.24) is 5.32 Å². The van der Waals surface area contributed by atoms with Crippen molar-refractivity contribution in [3.8, 4) is 23.3 Å². The van der Waals surface area contributed by atoms with Gasteiger partial charge in [-0.25, -0.2) is 9.18 Å². The van der Waals surface area contributed by atoms with E-state index in [1.807, 2.05) is 6.07 Å². The lowest BCUT2D eigenvalue weighted by molar-refractivity contribution is 0.194. The van der Waals surface area contributed by atoms with Gasteiger partial charge in [-0.15, -0.1) is 0 Å². The summed E-state index contributed by atoms with van der Waals surface area (Å²) in [6.45, 7) is -0.00330. The van der Waals surface area contributed by atoms with E-state index in [1.54, 1.807) is 36.4 Å². The Morgan fingerprint density at radius 2 is 1.83 bits per heavy atom. The molecule has 0 fully saturated rings. The van der Waals surface area contributed by atoms with Gasteiger partial charge in [0, 0.05) is 6.54 Å². The van der Waals surface area contributed by atoms with E-state index >= 15 is 0 Å². The second-order valence-corrected chi connectivity index (χ2v) is 4.80. The average Bonchev–Trinajstić information content (AvgIpc) is 2.55. The van der Waals surface area contributed by atoms with Gasteiger partial charge in [-0.2, -0.15) is 10.5 Å². The Labute approximate surface area is 132 Å². The molecule has 0 aromatic heterocycles. The molecule has 6 heteroatoms. The molecule has 0 aliphatic carbocycles. The summed E-state index contributed by atoms with van der Waals surface area (Å²) in [5, 5.41) is 28.6. The lowest BCUT2D eigenvalue weighted by atomic mass is 9.96. The van der Waals surface area contributed by atoms with Gasteiger partial charge in [0.25, 0.3) is 0 Å². The topological polar surface area (TPSA) is 96.9 Å². The van der Waals surface area contributed by atoms with Crippen LogP contribution in [-0.4, -0.2) is 17.7 Å². The highest BCUT2D eigenvalue weighted by molar-refractivity contribution is 5.66. The second-order valence-electron chi connectivity index (χ2n) is 4.80. The maximum absolute atomic E-state index is 13.6. The number of halogens is 1. The SMILES string of the molecule is N#Cc1ccc(-c2ccc(C(C#N)CNC(=O)O)cc2)cc1F. The van der Waals surface area contributed by atoms with Crippen LogP contribution in [0.5, 0.6) is 0 Å². The minimum absolute atomic E-state index is 0.00330. The van der Waals surface area contributed by atoms with Gasteiger partial charge in [-0.3, -0.25) is 0 Å². The third-order valence-corrected chi connectivity index (χ3v) is 3.35. The minimum atomic E-state index is -1.19. The average molecular weight is 309 g/mol. The first kappa shape index (κ1) is 16.0. The summed E-state index contributed by atoms with van der Waals surface area (Å²) < 4.78 is 13.6. The van der Waals surface area contributed by atoms with Gasteiger partial charge in [-0.1, -0.05) is 30.3 Å². The van der Waals surface area contributed by atoms with Crippen molar-refractivity contribution in [2.75, 3.05) is 6.54 Å². The molecule has 114 valence electrons. The zero-order chi connectivity index (χ0) is 16.8. The fraction of sp³-hybridized carbons (Fsp3) is 0.118. The third kappa shape index (κ3) is 3.84. The first-order chi connectivity index (χ1) is 11.0. The van der Waals surface area contributed by atoms with Crippen LogP contribution in [0.25, 0.3) is 11.1 Å². The molecule has 1 unspecified atom stereocenters. The molecule has 23 heavy (non-hydrogen) atoms. The Morgan fingerprint density at radius 1 is 1.17 bits per heavy atom. The Hall–Kier alpha value is -3.38. The molecule has 0 saturated heterocycles. The van der Waals surface area contributed by atoms with Crippen LogP contribution in [0.4, 0.5) is 9.18 Å². The van der Waals surface area contributed by atoms with Gasteiger partial charge in [0.2, 0.25) is 0 Å². The lowest BCUT2D eigenvalue weighted by Gasteiger charge is -2.10. The summed E-state index contributed by atoms with van der Waals surface area (Å²) in [5.74, 6) is -1.19. The predicted molar refractivity (Wildman–Crippen MR) is 80.9 cm³/mol. The van der Waals surface area contributed by atoms with Crippen molar-refractivity contribution < 1.29 is 14.3 Å². The number of hydrogen-bond acceptors (Lipinski definition) is 3. The highest BCUT2D eigenvalue weighted by atomic mass is 19.1. The number of carboxylic acid groups (broad SMARTS) is 1. The molecule has 1 amide bonds. The van der Waals surface area contributed by atoms with Gasteiger partial charge in [0.05, 0.1) is 17.6 Å². The number of nitriles is 2. The fourth-order valence-corrected chi connectivity index (χ4v) is 2.12. The van der Waals surface area contributed by atoms with Crippen molar-refractivity contribution >= 4 is 6.09 Å². The van der Waals surface area contributed by atoms with Crippen LogP contribution in [-0.2, 0) is 0 Å². The summed E-state index contributed by atoms with van der Waals surface area (Å²) in [6, 6.07) is 15.0. The zero-order valence-electron chi connectivity index (χ0n) is 12.0. The monoisotopic (exact) mass is 309 g/mol. The molecule has 2 aromatic carbocycles. The summed E-state index contributed by atoms with van der Waals surface area (Å²) in [4.78, 5) is 10.5. The molecular formula is C17H12FN3O2. The Morgan fingerprint density at radius 3 is 2.35 bits per heavy atom. The van der Waals surface area contributed by atoms with Gasteiger partial charge < -0.3 is 10.4 Å². The first-order valence-electron chi connectivity index (χ1n) is 6.71. The van der Waals surface area contributed by atoms with E-state index in [0.717, 1.165) is 5.56 Å². The smallest absolute Gasteiger partial charge is 0.404 e. The number of nitrogens with one attached hydrogen (secondary N) is 1. The second kappa shape index (κ2) is 7.06. The summed E-state index contributed by atoms with van der Waals surface area (Å²) in [7, 11) is 0. The van der Waals surface area contributed by atoms with E-state index in [-0.39, 0.29) is 12.1 Å². The van der Waals surface area contributed by atoms with Gasteiger partial charge in [0.1, 0.15) is 11.9 Å². The van der Waals surface area contributed by atoms with Gasteiger partial charge >= 0.3 is 6.09 Å². The van der Waals surface area contributed by atoms with Crippen molar-refractivity contribution in [3.05, 3.63) is 59.4 Å². The fourth-order valence-electron chi connectivity index (χ4n) is 2.12. The Balaban J connectivity index is 2.22. The van der Waals surface area contributed by atoms with Crippen molar-refractivity contribution in [2.45, 2.75) is 5.92 Å². The third-order valence-electron chi connectivity index (χ3n) is 3.35. The summed E-state index contributed by atoms with van der Waals surface area (Å²) in [6.07, 6.45) is -1.19. The molecule has 0 spiro atoms. The number of nitrogens with zero attached hydrogens (tertiary/aromatic N) is 2. The molecular weight excluding hydrogens is 297 g/mol. The molecule has 0 aliphatic rings. The van der Waals surface area contributed by atoms with Gasteiger partial charge in [-0.05, 0) is 28.8 Å². The van der Waals surface area contributed by atoms with Crippen LogP contribution in [0.15, 0.2) is 42.5 Å². The Kier molecular flexibility index (Phi) is 4.91. The number of benzene rings is 2. The normalized spacial score (nSPS) is 11.1. The van der Waals surface area contributed by atoms with Crippen LogP contribution in [0.2, 0.25) is 0 Å². The lowest BCUT2D eigenvalue weighted by Crippen LogP contribution is -2.26. The molecule has 0 aliphatic heterocycles. The Bertz CT molecular complexity index is 804. The molecule has 0 radical (unpaired) electrons. The molecule has 0 bridgehead atoms. The molecule has 2 rings (SSSR count). The van der Waals surface area contributed by atoms with Crippen molar-refractivity contribution in [2.24, 2.45) is 0 Å². The molecule has 0 heterocycles. The van der Waals surface area contributed by atoms with Crippen LogP contribution in [0.3, 0.4) is 0 Å². The largest absolute Gasteiger partial charge is 0.465 e. The van der Waals surface area contributed by atoms with Crippen LogP contribution < -0.4 is 5.32 Å².